The van der Waals surface area contributed by atoms with Gasteiger partial charge in [0.25, 0.3) is 0 Å². The van der Waals surface area contributed by atoms with Gasteiger partial charge in [0.15, 0.2) is 0 Å². The van der Waals surface area contributed by atoms with Crippen LogP contribution in [0.3, 0.4) is 0 Å². The molecule has 0 unspecified atom stereocenters. The first kappa shape index (κ1) is 11.2. The number of anilines is 1. The number of rotatable bonds is 1. The lowest BCUT2D eigenvalue weighted by Gasteiger charge is -2.19. The van der Waals surface area contributed by atoms with Crippen LogP contribution in [-0.2, 0) is 6.18 Å². The molecule has 1 fully saturated rings. The minimum Gasteiger partial charge on any atom is -0.369 e. The van der Waals surface area contributed by atoms with Crippen LogP contribution in [-0.4, -0.2) is 13.1 Å². The van der Waals surface area contributed by atoms with Crippen LogP contribution in [0, 0.1) is 5.82 Å². The van der Waals surface area contributed by atoms with Crippen molar-refractivity contribution >= 4 is 5.69 Å². The third-order valence-corrected chi connectivity index (χ3v) is 2.72. The molecule has 0 atom stereocenters. The Morgan fingerprint density at radius 1 is 1.06 bits per heavy atom. The van der Waals surface area contributed by atoms with Crippen molar-refractivity contribution in [1.82, 2.24) is 0 Å². The second kappa shape index (κ2) is 3.96. The molecule has 2 rings (SSSR count). The Labute approximate surface area is 90.7 Å². The second-order valence-electron chi connectivity index (χ2n) is 3.86. The van der Waals surface area contributed by atoms with Crippen molar-refractivity contribution in [2.75, 3.05) is 18.0 Å². The Hall–Kier alpha value is -1.26. The fourth-order valence-electron chi connectivity index (χ4n) is 1.90. The van der Waals surface area contributed by atoms with E-state index in [-0.39, 0.29) is 5.69 Å². The lowest BCUT2D eigenvalue weighted by Crippen LogP contribution is -2.19. The van der Waals surface area contributed by atoms with Gasteiger partial charge in [-0.25, -0.2) is 4.39 Å². The fourth-order valence-corrected chi connectivity index (χ4v) is 1.90. The van der Waals surface area contributed by atoms with E-state index in [0.29, 0.717) is 19.2 Å². The highest BCUT2D eigenvalue weighted by Gasteiger charge is 2.31. The first-order valence-electron chi connectivity index (χ1n) is 5.10. The molecule has 0 aromatic heterocycles. The molecular formula is C11H11F4N. The van der Waals surface area contributed by atoms with Crippen LogP contribution in [0.5, 0.6) is 0 Å². The molecule has 0 spiro atoms. The van der Waals surface area contributed by atoms with Crippen molar-refractivity contribution in [3.63, 3.8) is 0 Å². The van der Waals surface area contributed by atoms with Crippen molar-refractivity contribution in [1.29, 1.82) is 0 Å². The molecule has 0 aliphatic carbocycles. The summed E-state index contributed by atoms with van der Waals surface area (Å²) in [5.74, 6) is -0.795. The van der Waals surface area contributed by atoms with E-state index < -0.39 is 17.6 Å². The second-order valence-corrected chi connectivity index (χ2v) is 3.86. The zero-order valence-corrected chi connectivity index (χ0v) is 8.52. The molecule has 0 saturated carbocycles. The quantitative estimate of drug-likeness (QED) is 0.671. The SMILES string of the molecule is Fc1cc(C(F)(F)F)ccc1N1CCCC1. The molecule has 16 heavy (non-hydrogen) atoms. The van der Waals surface area contributed by atoms with Crippen LogP contribution in [0.15, 0.2) is 18.2 Å². The van der Waals surface area contributed by atoms with Crippen molar-refractivity contribution in [2.45, 2.75) is 19.0 Å². The maximum Gasteiger partial charge on any atom is 0.416 e. The Balaban J connectivity index is 2.29. The summed E-state index contributed by atoms with van der Waals surface area (Å²) in [5.41, 5.74) is -0.668. The maximum atomic E-state index is 13.5. The minimum atomic E-state index is -4.48. The van der Waals surface area contributed by atoms with Gasteiger partial charge in [-0.05, 0) is 31.0 Å². The monoisotopic (exact) mass is 233 g/mol. The first-order valence-corrected chi connectivity index (χ1v) is 5.10. The number of halogens is 4. The molecule has 1 aliphatic heterocycles. The van der Waals surface area contributed by atoms with Gasteiger partial charge in [-0.1, -0.05) is 0 Å². The fraction of sp³-hybridized carbons (Fsp3) is 0.455. The van der Waals surface area contributed by atoms with Crippen molar-refractivity contribution in [3.05, 3.63) is 29.6 Å². The van der Waals surface area contributed by atoms with Gasteiger partial charge >= 0.3 is 6.18 Å². The average molecular weight is 233 g/mol. The zero-order valence-electron chi connectivity index (χ0n) is 8.52. The summed E-state index contributed by atoms with van der Waals surface area (Å²) in [6, 6.07) is 2.70. The van der Waals surface area contributed by atoms with Crippen LogP contribution < -0.4 is 4.90 Å². The van der Waals surface area contributed by atoms with E-state index in [1.807, 2.05) is 0 Å². The van der Waals surface area contributed by atoms with Crippen LogP contribution in [0.2, 0.25) is 0 Å². The van der Waals surface area contributed by atoms with E-state index in [4.69, 9.17) is 0 Å². The van der Waals surface area contributed by atoms with Gasteiger partial charge in [0, 0.05) is 13.1 Å². The summed E-state index contributed by atoms with van der Waals surface area (Å²) in [7, 11) is 0. The summed E-state index contributed by atoms with van der Waals surface area (Å²) in [5, 5.41) is 0. The third kappa shape index (κ3) is 2.13. The molecule has 0 radical (unpaired) electrons. The van der Waals surface area contributed by atoms with Gasteiger partial charge in [0.05, 0.1) is 11.3 Å². The lowest BCUT2D eigenvalue weighted by molar-refractivity contribution is -0.137. The average Bonchev–Trinajstić information content (AvgIpc) is 2.69. The normalized spacial score (nSPS) is 16.9. The zero-order chi connectivity index (χ0) is 11.8. The predicted molar refractivity (Wildman–Crippen MR) is 52.8 cm³/mol. The molecule has 1 nitrogen and oxygen atoms in total. The van der Waals surface area contributed by atoms with Gasteiger partial charge in [0.2, 0.25) is 0 Å². The van der Waals surface area contributed by atoms with Gasteiger partial charge in [0.1, 0.15) is 5.82 Å². The summed E-state index contributed by atoms with van der Waals surface area (Å²) in [4.78, 5) is 1.77. The van der Waals surface area contributed by atoms with Crippen LogP contribution in [0.4, 0.5) is 23.2 Å². The maximum absolute atomic E-state index is 13.5. The predicted octanol–water partition coefficient (Wildman–Crippen LogP) is 3.44. The van der Waals surface area contributed by atoms with E-state index in [9.17, 15) is 17.6 Å². The Morgan fingerprint density at radius 3 is 2.19 bits per heavy atom. The number of alkyl halides is 3. The molecule has 1 heterocycles. The highest BCUT2D eigenvalue weighted by Crippen LogP contribution is 2.32. The van der Waals surface area contributed by atoms with Crippen LogP contribution in [0.25, 0.3) is 0 Å². The summed E-state index contributed by atoms with van der Waals surface area (Å²) < 4.78 is 50.4. The van der Waals surface area contributed by atoms with Crippen molar-refractivity contribution < 1.29 is 17.6 Å². The number of nitrogens with zero attached hydrogens (tertiary/aromatic N) is 1. The van der Waals surface area contributed by atoms with E-state index in [2.05, 4.69) is 0 Å². The molecule has 1 aliphatic rings. The summed E-state index contributed by atoms with van der Waals surface area (Å²) >= 11 is 0. The molecule has 0 amide bonds. The lowest BCUT2D eigenvalue weighted by atomic mass is 10.2. The third-order valence-electron chi connectivity index (χ3n) is 2.72. The van der Waals surface area contributed by atoms with Crippen molar-refractivity contribution in [3.8, 4) is 0 Å². The Bertz CT molecular complexity index is 380. The topological polar surface area (TPSA) is 3.24 Å². The van der Waals surface area contributed by atoms with E-state index in [1.165, 1.54) is 6.07 Å². The van der Waals surface area contributed by atoms with Crippen LogP contribution in [0.1, 0.15) is 18.4 Å². The molecule has 0 N–H and O–H groups in total. The Kier molecular flexibility index (Phi) is 2.78. The summed E-state index contributed by atoms with van der Waals surface area (Å²) in [6.45, 7) is 1.42. The van der Waals surface area contributed by atoms with Gasteiger partial charge in [-0.15, -0.1) is 0 Å². The molecule has 5 heteroatoms. The largest absolute Gasteiger partial charge is 0.416 e. The van der Waals surface area contributed by atoms with Crippen LogP contribution >= 0.6 is 0 Å². The van der Waals surface area contributed by atoms with E-state index >= 15 is 0 Å². The molecule has 88 valence electrons. The van der Waals surface area contributed by atoms with Crippen molar-refractivity contribution in [2.24, 2.45) is 0 Å². The van der Waals surface area contributed by atoms with Gasteiger partial charge < -0.3 is 4.90 Å². The minimum absolute atomic E-state index is 0.269. The first-order chi connectivity index (χ1) is 7.48. The molecule has 0 bridgehead atoms. The molecule has 1 aromatic carbocycles. The smallest absolute Gasteiger partial charge is 0.369 e. The van der Waals surface area contributed by atoms with Gasteiger partial charge in [-0.3, -0.25) is 0 Å². The number of hydrogen-bond acceptors (Lipinski definition) is 1. The molecule has 1 saturated heterocycles. The number of benzene rings is 1. The molecular weight excluding hydrogens is 222 g/mol. The molecule has 1 aromatic rings. The summed E-state index contributed by atoms with van der Waals surface area (Å²) in [6.07, 6.45) is -2.56. The standard InChI is InChI=1S/C11H11F4N/c12-9-7-8(11(13,14)15)3-4-10(9)16-5-1-2-6-16/h3-4,7H,1-2,5-6H2. The van der Waals surface area contributed by atoms with E-state index in [1.54, 1.807) is 4.90 Å². The number of hydrogen-bond donors (Lipinski definition) is 0. The Morgan fingerprint density at radius 2 is 1.69 bits per heavy atom. The van der Waals surface area contributed by atoms with E-state index in [0.717, 1.165) is 18.9 Å². The highest BCUT2D eigenvalue weighted by molar-refractivity contribution is 5.50. The highest BCUT2D eigenvalue weighted by atomic mass is 19.4. The van der Waals surface area contributed by atoms with Gasteiger partial charge in [-0.2, -0.15) is 13.2 Å².